The summed E-state index contributed by atoms with van der Waals surface area (Å²) >= 11 is 6.87. The van der Waals surface area contributed by atoms with Gasteiger partial charge in [-0.05, 0) is 29.8 Å². The van der Waals surface area contributed by atoms with E-state index < -0.39 is 17.6 Å². The molecule has 1 N–H and O–H groups in total. The Hall–Kier alpha value is -1.59. The Morgan fingerprint density at radius 3 is 2.65 bits per heavy atom. The van der Waals surface area contributed by atoms with E-state index in [9.17, 15) is 13.6 Å². The molecule has 2 aromatic rings. The number of rotatable bonds is 4. The van der Waals surface area contributed by atoms with Crippen LogP contribution in [0, 0.1) is 11.6 Å². The molecule has 2 rings (SSSR count). The fourth-order valence-electron chi connectivity index (χ4n) is 1.56. The van der Waals surface area contributed by atoms with Crippen LogP contribution < -0.4 is 0 Å². The summed E-state index contributed by atoms with van der Waals surface area (Å²) in [4.78, 5) is 11.0. The van der Waals surface area contributed by atoms with Crippen molar-refractivity contribution in [3.05, 3.63) is 64.2 Å². The van der Waals surface area contributed by atoms with Crippen LogP contribution in [0.15, 0.2) is 41.3 Å². The molecule has 0 radical (unpaired) electrons. The molecule has 20 heavy (non-hydrogen) atoms. The van der Waals surface area contributed by atoms with Crippen molar-refractivity contribution in [1.29, 1.82) is 0 Å². The van der Waals surface area contributed by atoms with Gasteiger partial charge in [-0.25, -0.2) is 13.6 Å². The van der Waals surface area contributed by atoms with Crippen LogP contribution in [0.1, 0.15) is 15.9 Å². The Labute approximate surface area is 123 Å². The number of benzene rings is 2. The predicted octanol–water partition coefficient (Wildman–Crippen LogP) is 4.61. The highest BCUT2D eigenvalue weighted by Crippen LogP contribution is 2.30. The molecule has 0 saturated heterocycles. The lowest BCUT2D eigenvalue weighted by atomic mass is 10.2. The van der Waals surface area contributed by atoms with Crippen molar-refractivity contribution in [3.8, 4) is 0 Å². The smallest absolute Gasteiger partial charge is 0.335 e. The zero-order chi connectivity index (χ0) is 14.7. The predicted molar refractivity (Wildman–Crippen MR) is 74.3 cm³/mol. The normalized spacial score (nSPS) is 10.6. The molecule has 0 bridgehead atoms. The van der Waals surface area contributed by atoms with Gasteiger partial charge in [0, 0.05) is 10.6 Å². The zero-order valence-electron chi connectivity index (χ0n) is 10.1. The minimum absolute atomic E-state index is 0.000704. The van der Waals surface area contributed by atoms with Gasteiger partial charge in [-0.15, -0.1) is 11.8 Å². The Balaban J connectivity index is 2.20. The van der Waals surface area contributed by atoms with Crippen LogP contribution in [-0.2, 0) is 5.75 Å². The van der Waals surface area contributed by atoms with Gasteiger partial charge in [0.15, 0.2) is 0 Å². The Bertz CT molecular complexity index is 662. The van der Waals surface area contributed by atoms with Gasteiger partial charge in [0.1, 0.15) is 11.6 Å². The molecular weight excluding hydrogens is 306 g/mol. The van der Waals surface area contributed by atoms with E-state index in [-0.39, 0.29) is 21.2 Å². The average molecular weight is 315 g/mol. The molecule has 0 aliphatic heterocycles. The van der Waals surface area contributed by atoms with Gasteiger partial charge in [0.2, 0.25) is 0 Å². The second-order valence-corrected chi connectivity index (χ2v) is 5.35. The van der Waals surface area contributed by atoms with E-state index in [0.29, 0.717) is 5.56 Å². The van der Waals surface area contributed by atoms with Crippen molar-refractivity contribution in [1.82, 2.24) is 0 Å². The van der Waals surface area contributed by atoms with Gasteiger partial charge in [0.05, 0.1) is 10.6 Å². The molecule has 0 spiro atoms. The van der Waals surface area contributed by atoms with Gasteiger partial charge >= 0.3 is 5.97 Å². The minimum atomic E-state index is -1.13. The second kappa shape index (κ2) is 6.24. The largest absolute Gasteiger partial charge is 0.478 e. The van der Waals surface area contributed by atoms with E-state index in [1.54, 1.807) is 6.07 Å². The first-order chi connectivity index (χ1) is 9.49. The van der Waals surface area contributed by atoms with Gasteiger partial charge < -0.3 is 5.11 Å². The summed E-state index contributed by atoms with van der Waals surface area (Å²) in [6, 6.07) is 7.92. The summed E-state index contributed by atoms with van der Waals surface area (Å²) in [5.41, 5.74) is 0.524. The Kier molecular flexibility index (Phi) is 4.62. The maximum absolute atomic E-state index is 13.6. The van der Waals surface area contributed by atoms with Crippen LogP contribution in [0.5, 0.6) is 0 Å². The van der Waals surface area contributed by atoms with E-state index in [1.165, 1.54) is 24.3 Å². The van der Waals surface area contributed by atoms with Crippen molar-refractivity contribution in [3.63, 3.8) is 0 Å². The van der Waals surface area contributed by atoms with E-state index >= 15 is 0 Å². The van der Waals surface area contributed by atoms with Gasteiger partial charge in [0.25, 0.3) is 0 Å². The number of thioether (sulfide) groups is 1. The fraction of sp³-hybridized carbons (Fsp3) is 0.0714. The highest BCUT2D eigenvalue weighted by molar-refractivity contribution is 7.98. The first-order valence-electron chi connectivity index (χ1n) is 5.57. The molecule has 2 aromatic carbocycles. The minimum Gasteiger partial charge on any atom is -0.478 e. The highest BCUT2D eigenvalue weighted by Gasteiger charge is 2.11. The summed E-state index contributed by atoms with van der Waals surface area (Å²) in [6.45, 7) is 0. The number of carbonyl (C=O) groups is 1. The standard InChI is InChI=1S/C14H9ClF2O2S/c15-13-9(2-1-3-11(13)17)7-20-12-6-8(14(18)19)4-5-10(12)16/h1-6H,7H2,(H,18,19). The van der Waals surface area contributed by atoms with Crippen LogP contribution >= 0.6 is 23.4 Å². The molecule has 104 valence electrons. The first-order valence-corrected chi connectivity index (χ1v) is 6.94. The monoisotopic (exact) mass is 314 g/mol. The van der Waals surface area contributed by atoms with Crippen molar-refractivity contribution in [2.24, 2.45) is 0 Å². The van der Waals surface area contributed by atoms with Crippen molar-refractivity contribution < 1.29 is 18.7 Å². The average Bonchev–Trinajstić information content (AvgIpc) is 2.41. The number of hydrogen-bond donors (Lipinski definition) is 1. The van der Waals surface area contributed by atoms with Crippen LogP contribution in [0.3, 0.4) is 0 Å². The summed E-state index contributed by atoms with van der Waals surface area (Å²) in [6.07, 6.45) is 0. The number of aromatic carboxylic acids is 1. The maximum atomic E-state index is 13.6. The summed E-state index contributed by atoms with van der Waals surface area (Å²) in [7, 11) is 0. The third-order valence-corrected chi connectivity index (χ3v) is 4.10. The van der Waals surface area contributed by atoms with Gasteiger partial charge in [-0.3, -0.25) is 0 Å². The van der Waals surface area contributed by atoms with E-state index in [2.05, 4.69) is 0 Å². The van der Waals surface area contributed by atoms with E-state index in [0.717, 1.165) is 17.8 Å². The molecule has 0 atom stereocenters. The zero-order valence-corrected chi connectivity index (χ0v) is 11.6. The van der Waals surface area contributed by atoms with Crippen LogP contribution in [-0.4, -0.2) is 11.1 Å². The fourth-order valence-corrected chi connectivity index (χ4v) is 2.80. The highest BCUT2D eigenvalue weighted by atomic mass is 35.5. The van der Waals surface area contributed by atoms with Crippen molar-refractivity contribution in [2.75, 3.05) is 0 Å². The second-order valence-electron chi connectivity index (χ2n) is 3.95. The van der Waals surface area contributed by atoms with E-state index in [1.807, 2.05) is 0 Å². The molecule has 0 fully saturated rings. The molecular formula is C14H9ClF2O2S. The molecule has 2 nitrogen and oxygen atoms in total. The lowest BCUT2D eigenvalue weighted by Gasteiger charge is -2.07. The molecule has 6 heteroatoms. The maximum Gasteiger partial charge on any atom is 0.335 e. The molecule has 0 aliphatic rings. The third-order valence-electron chi connectivity index (χ3n) is 2.59. The van der Waals surface area contributed by atoms with Gasteiger partial charge in [-0.1, -0.05) is 23.7 Å². The molecule has 0 aliphatic carbocycles. The molecule has 0 unspecified atom stereocenters. The molecule has 0 aromatic heterocycles. The van der Waals surface area contributed by atoms with Gasteiger partial charge in [-0.2, -0.15) is 0 Å². The van der Waals surface area contributed by atoms with Crippen molar-refractivity contribution >= 4 is 29.3 Å². The number of hydrogen-bond acceptors (Lipinski definition) is 2. The lowest BCUT2D eigenvalue weighted by molar-refractivity contribution is 0.0696. The summed E-state index contributed by atoms with van der Waals surface area (Å²) in [5, 5.41) is 8.86. The Morgan fingerprint density at radius 1 is 1.20 bits per heavy atom. The van der Waals surface area contributed by atoms with E-state index in [4.69, 9.17) is 16.7 Å². The summed E-state index contributed by atoms with van der Waals surface area (Å²) in [5.74, 6) is -1.94. The number of carboxylic acid groups (broad SMARTS) is 1. The molecule has 0 heterocycles. The van der Waals surface area contributed by atoms with Crippen LogP contribution in [0.25, 0.3) is 0 Å². The molecule has 0 amide bonds. The van der Waals surface area contributed by atoms with Crippen LogP contribution in [0.4, 0.5) is 8.78 Å². The van der Waals surface area contributed by atoms with Crippen molar-refractivity contribution in [2.45, 2.75) is 10.6 Å². The lowest BCUT2D eigenvalue weighted by Crippen LogP contribution is -1.97. The molecule has 0 saturated carbocycles. The topological polar surface area (TPSA) is 37.3 Å². The third kappa shape index (κ3) is 3.29. The SMILES string of the molecule is O=C(O)c1ccc(F)c(SCc2cccc(F)c2Cl)c1. The number of carboxylic acids is 1. The quantitative estimate of drug-likeness (QED) is 0.837. The first kappa shape index (κ1) is 14.8. The number of halogens is 3. The summed E-state index contributed by atoms with van der Waals surface area (Å²) < 4.78 is 26.9. The Morgan fingerprint density at radius 2 is 1.95 bits per heavy atom. The van der Waals surface area contributed by atoms with Crippen LogP contribution in [0.2, 0.25) is 5.02 Å².